The molecule has 0 aromatic rings. The third kappa shape index (κ3) is 6.15. The maximum atomic E-state index is 10.1. The van der Waals surface area contributed by atoms with Crippen molar-refractivity contribution < 1.29 is 9.53 Å². The van der Waals surface area contributed by atoms with Gasteiger partial charge in [-0.25, -0.2) is 22.8 Å². The average molecular weight is 399 g/mol. The summed E-state index contributed by atoms with van der Waals surface area (Å²) in [6, 6.07) is 0. The molecule has 0 aromatic heterocycles. The molecule has 128 valence electrons. The summed E-state index contributed by atoms with van der Waals surface area (Å²) < 4.78 is 4.51. The first-order valence-electron chi connectivity index (χ1n) is 7.76. The molecule has 25 heavy (non-hydrogen) atoms. The van der Waals surface area contributed by atoms with Crippen molar-refractivity contribution in [1.82, 2.24) is 0 Å². The van der Waals surface area contributed by atoms with E-state index in [1.807, 2.05) is 0 Å². The molecule has 0 saturated carbocycles. The molecule has 0 fully saturated rings. The van der Waals surface area contributed by atoms with Crippen molar-refractivity contribution in [2.24, 2.45) is 11.8 Å². The van der Waals surface area contributed by atoms with Crippen molar-refractivity contribution in [3.8, 4) is 24.2 Å². The van der Waals surface area contributed by atoms with Gasteiger partial charge in [-0.3, -0.25) is 4.79 Å². The van der Waals surface area contributed by atoms with Gasteiger partial charge in [0.2, 0.25) is 0 Å². The fourth-order valence-corrected chi connectivity index (χ4v) is 2.93. The van der Waals surface area contributed by atoms with Crippen LogP contribution in [0.1, 0.15) is 26.2 Å². The van der Waals surface area contributed by atoms with E-state index in [-0.39, 0.29) is 19.0 Å². The van der Waals surface area contributed by atoms with E-state index in [0.29, 0.717) is 17.2 Å². The minimum absolute atomic E-state index is 0.195. The number of rotatable bonds is 3. The Labute approximate surface area is 158 Å². The Morgan fingerprint density at radius 1 is 1.44 bits per heavy atom. The van der Waals surface area contributed by atoms with Crippen LogP contribution in [0.3, 0.4) is 0 Å². The molecule has 2 rings (SSSR count). The van der Waals surface area contributed by atoms with Crippen LogP contribution in [0, 0.1) is 49.2 Å². The smallest absolute Gasteiger partial charge is 0.453 e. The SMILES string of the molecule is CC(=O)OCC#CCBr.[C-]#[N+]C(CC#C)([N+]#[C-])C1=CC2C=CC(C1)C2. The summed E-state index contributed by atoms with van der Waals surface area (Å²) in [5.74, 6) is 8.41. The number of hydrogen-bond acceptors (Lipinski definition) is 2. The van der Waals surface area contributed by atoms with E-state index >= 15 is 0 Å². The Hall–Kier alpha value is -2.47. The molecule has 2 aliphatic rings. The summed E-state index contributed by atoms with van der Waals surface area (Å²) >= 11 is 3.10. The van der Waals surface area contributed by atoms with Crippen LogP contribution in [0.5, 0.6) is 0 Å². The quantitative estimate of drug-likeness (QED) is 0.236. The number of alkyl halides is 1. The van der Waals surface area contributed by atoms with Crippen LogP contribution < -0.4 is 0 Å². The number of terminal acetylenes is 1. The fourth-order valence-electron chi connectivity index (χ4n) is 2.73. The lowest BCUT2D eigenvalue weighted by Crippen LogP contribution is -2.26. The topological polar surface area (TPSA) is 35.0 Å². The average Bonchev–Trinajstić information content (AvgIpc) is 2.95. The van der Waals surface area contributed by atoms with Gasteiger partial charge in [-0.15, -0.1) is 6.42 Å². The Balaban J connectivity index is 0.000000299. The molecule has 2 aliphatic carbocycles. The molecule has 0 aliphatic heterocycles. The lowest BCUT2D eigenvalue weighted by molar-refractivity contribution is -0.139. The molecule has 0 N–H and O–H groups in total. The van der Waals surface area contributed by atoms with E-state index in [9.17, 15) is 4.79 Å². The van der Waals surface area contributed by atoms with Gasteiger partial charge in [0, 0.05) is 6.92 Å². The molecule has 2 unspecified atom stereocenters. The number of allylic oxidation sites excluding steroid dienone is 3. The minimum atomic E-state index is -1.13. The largest absolute Gasteiger partial charge is 0.516 e. The second kappa shape index (κ2) is 10.4. The van der Waals surface area contributed by atoms with Crippen LogP contribution in [-0.4, -0.2) is 23.6 Å². The highest BCUT2D eigenvalue weighted by molar-refractivity contribution is 9.09. The highest BCUT2D eigenvalue weighted by Gasteiger charge is 2.49. The minimum Gasteiger partial charge on any atom is -0.453 e. The Kier molecular flexibility index (Phi) is 8.56. The number of halogens is 1. The standard InChI is InChI=1S/C14H12N2.C6H7BrO2/c1-4-7-14(15-2,16-3)13-9-11-5-6-12(8-11)10-13;1-6(8)9-5-3-2-4-7/h1,5-6,9,11-12H,7-8,10H2;4-5H2,1H3. The molecule has 2 atom stereocenters. The summed E-state index contributed by atoms with van der Waals surface area (Å²) in [6.07, 6.45) is 13.9. The second-order valence-electron chi connectivity index (χ2n) is 5.63. The van der Waals surface area contributed by atoms with Crippen LogP contribution in [0.2, 0.25) is 0 Å². The van der Waals surface area contributed by atoms with Crippen LogP contribution in [0.15, 0.2) is 23.8 Å². The maximum absolute atomic E-state index is 10.1. The van der Waals surface area contributed by atoms with Crippen LogP contribution in [-0.2, 0) is 9.53 Å². The molecule has 0 spiro atoms. The number of hydrogen-bond donors (Lipinski definition) is 0. The Morgan fingerprint density at radius 3 is 2.68 bits per heavy atom. The van der Waals surface area contributed by atoms with Gasteiger partial charge in [0.05, 0.1) is 5.33 Å². The number of nitrogens with zero attached hydrogens (tertiary/aromatic N) is 2. The van der Waals surface area contributed by atoms with Crippen molar-refractivity contribution in [3.63, 3.8) is 0 Å². The first-order valence-corrected chi connectivity index (χ1v) is 8.88. The van der Waals surface area contributed by atoms with Gasteiger partial charge in [0.1, 0.15) is 5.57 Å². The first-order chi connectivity index (χ1) is 12.0. The molecule has 0 saturated heterocycles. The monoisotopic (exact) mass is 398 g/mol. The van der Waals surface area contributed by atoms with Gasteiger partial charge in [-0.05, 0) is 24.7 Å². The number of carbonyl (C=O) groups is 1. The van der Waals surface area contributed by atoms with Gasteiger partial charge in [0.25, 0.3) is 0 Å². The summed E-state index contributed by atoms with van der Waals surface area (Å²) in [5.41, 5.74) is -0.195. The summed E-state index contributed by atoms with van der Waals surface area (Å²) in [4.78, 5) is 17.1. The van der Waals surface area contributed by atoms with Gasteiger partial charge < -0.3 is 4.74 Å². The molecule has 0 heterocycles. The van der Waals surface area contributed by atoms with Crippen molar-refractivity contribution >= 4 is 21.9 Å². The zero-order chi connectivity index (χ0) is 18.7. The lowest BCUT2D eigenvalue weighted by atomic mass is 9.81. The Morgan fingerprint density at radius 2 is 2.16 bits per heavy atom. The molecule has 0 radical (unpaired) electrons. The molecule has 2 bridgehead atoms. The predicted octanol–water partition coefficient (Wildman–Crippen LogP) is 4.01. The van der Waals surface area contributed by atoms with Crippen molar-refractivity contribution in [2.45, 2.75) is 31.8 Å². The second-order valence-corrected chi connectivity index (χ2v) is 6.19. The van der Waals surface area contributed by atoms with Crippen LogP contribution in [0.25, 0.3) is 9.69 Å². The van der Waals surface area contributed by atoms with Crippen LogP contribution in [0.4, 0.5) is 0 Å². The van der Waals surface area contributed by atoms with E-state index < -0.39 is 5.66 Å². The first kappa shape index (κ1) is 20.6. The number of carbonyl (C=O) groups excluding carboxylic acids is 1. The van der Waals surface area contributed by atoms with Crippen molar-refractivity contribution in [2.75, 3.05) is 11.9 Å². The van der Waals surface area contributed by atoms with Gasteiger partial charge >= 0.3 is 11.6 Å². The zero-order valence-corrected chi connectivity index (χ0v) is 15.7. The lowest BCUT2D eigenvalue weighted by Gasteiger charge is -2.20. The summed E-state index contributed by atoms with van der Waals surface area (Å²) in [6.45, 7) is 16.1. The third-order valence-electron chi connectivity index (χ3n) is 3.87. The molecule has 0 aromatic carbocycles. The van der Waals surface area contributed by atoms with E-state index in [1.54, 1.807) is 0 Å². The normalized spacial score (nSPS) is 19.6. The highest BCUT2D eigenvalue weighted by atomic mass is 79.9. The van der Waals surface area contributed by atoms with Gasteiger partial charge in [0.15, 0.2) is 13.0 Å². The van der Waals surface area contributed by atoms with Crippen molar-refractivity contribution in [1.29, 1.82) is 0 Å². The van der Waals surface area contributed by atoms with E-state index in [2.05, 4.69) is 66.3 Å². The maximum Gasteiger partial charge on any atom is 0.516 e. The van der Waals surface area contributed by atoms with Crippen LogP contribution >= 0.6 is 15.9 Å². The molecule has 0 amide bonds. The van der Waals surface area contributed by atoms with Crippen molar-refractivity contribution in [3.05, 3.63) is 46.6 Å². The van der Waals surface area contributed by atoms with E-state index in [4.69, 9.17) is 19.6 Å². The highest BCUT2D eigenvalue weighted by Crippen LogP contribution is 2.42. The number of ether oxygens (including phenoxy) is 1. The van der Waals surface area contributed by atoms with Gasteiger partial charge in [-0.2, -0.15) is 0 Å². The van der Waals surface area contributed by atoms with E-state index in [1.165, 1.54) is 6.92 Å². The third-order valence-corrected chi connectivity index (χ3v) is 4.16. The predicted molar refractivity (Wildman–Crippen MR) is 101 cm³/mol. The van der Waals surface area contributed by atoms with E-state index in [0.717, 1.165) is 18.4 Å². The molecule has 4 nitrogen and oxygen atoms in total. The molecule has 5 heteroatoms. The summed E-state index contributed by atoms with van der Waals surface area (Å²) in [7, 11) is 0. The molecular formula is C20H19BrN2O2. The summed E-state index contributed by atoms with van der Waals surface area (Å²) in [5, 5.41) is 0.619. The molecular weight excluding hydrogens is 380 g/mol. The number of esters is 1. The fraction of sp³-hybridized carbons (Fsp3) is 0.450. The zero-order valence-electron chi connectivity index (χ0n) is 14.1. The number of fused-ring (bicyclic) bond motifs is 2. The van der Waals surface area contributed by atoms with Gasteiger partial charge in [-0.1, -0.05) is 51.9 Å². The Bertz CT molecular complexity index is 721.